The lowest BCUT2D eigenvalue weighted by molar-refractivity contribution is -0.134. The van der Waals surface area contributed by atoms with Crippen molar-refractivity contribution >= 4 is 5.91 Å². The molecule has 0 spiro atoms. The van der Waals surface area contributed by atoms with E-state index >= 15 is 0 Å². The average molecular weight is 260 g/mol. The Balaban J connectivity index is 2.00. The topological polar surface area (TPSA) is 32.3 Å². The number of hydrogen-bond acceptors (Lipinski definition) is 2. The molecule has 0 radical (unpaired) electrons. The van der Waals surface area contributed by atoms with E-state index in [2.05, 4.69) is 24.4 Å². The summed E-state index contributed by atoms with van der Waals surface area (Å²) in [5.74, 6) is 0.269. The van der Waals surface area contributed by atoms with Gasteiger partial charge < -0.3 is 10.2 Å². The van der Waals surface area contributed by atoms with Gasteiger partial charge in [0.1, 0.15) is 0 Å². The first-order chi connectivity index (χ1) is 9.31. The summed E-state index contributed by atoms with van der Waals surface area (Å²) in [7, 11) is 0. The Morgan fingerprint density at radius 1 is 1.32 bits per heavy atom. The molecule has 0 bridgehead atoms. The number of nitrogens with zero attached hydrogens (tertiary/aromatic N) is 1. The first-order valence-electron chi connectivity index (χ1n) is 7.37. The Hall–Kier alpha value is -1.35. The molecule has 1 unspecified atom stereocenters. The molecule has 1 fully saturated rings. The monoisotopic (exact) mass is 260 g/mol. The summed E-state index contributed by atoms with van der Waals surface area (Å²) in [5.41, 5.74) is 1.21. The molecule has 1 aliphatic rings. The van der Waals surface area contributed by atoms with Crippen LogP contribution in [-0.4, -0.2) is 29.9 Å². The molecular weight excluding hydrogens is 236 g/mol. The molecule has 1 aliphatic heterocycles. The number of benzene rings is 1. The van der Waals surface area contributed by atoms with Crippen molar-refractivity contribution in [2.45, 2.75) is 45.2 Å². The van der Waals surface area contributed by atoms with Gasteiger partial charge in [-0.1, -0.05) is 43.7 Å². The summed E-state index contributed by atoms with van der Waals surface area (Å²) < 4.78 is 0. The highest BCUT2D eigenvalue weighted by Crippen LogP contribution is 2.13. The van der Waals surface area contributed by atoms with Crippen LogP contribution in [0.3, 0.4) is 0 Å². The number of carbonyl (C=O) groups excluding carboxylic acids is 1. The number of nitrogens with one attached hydrogen (secondary N) is 1. The minimum absolute atomic E-state index is 0.0315. The second kappa shape index (κ2) is 7.29. The maximum Gasteiger partial charge on any atom is 0.240 e. The zero-order valence-electron chi connectivity index (χ0n) is 11.8. The molecule has 1 saturated heterocycles. The van der Waals surface area contributed by atoms with Crippen LogP contribution in [0.25, 0.3) is 0 Å². The zero-order chi connectivity index (χ0) is 13.5. The molecule has 3 nitrogen and oxygen atoms in total. The second-order valence-electron chi connectivity index (χ2n) is 5.25. The molecule has 0 saturated carbocycles. The first-order valence-corrected chi connectivity index (χ1v) is 7.37. The maximum absolute atomic E-state index is 12.6. The SMILES string of the molecule is CCCN(Cc1ccccc1)C(=O)C1CCCCN1. The van der Waals surface area contributed by atoms with E-state index in [9.17, 15) is 4.79 Å². The van der Waals surface area contributed by atoms with Gasteiger partial charge in [0.2, 0.25) is 5.91 Å². The van der Waals surface area contributed by atoms with Crippen LogP contribution in [0.1, 0.15) is 38.2 Å². The standard InChI is InChI=1S/C16H24N2O/c1-2-12-18(13-14-8-4-3-5-9-14)16(19)15-10-6-7-11-17-15/h3-5,8-9,15,17H,2,6-7,10-13H2,1H3. The third kappa shape index (κ3) is 4.06. The highest BCUT2D eigenvalue weighted by atomic mass is 16.2. The van der Waals surface area contributed by atoms with Gasteiger partial charge in [-0.05, 0) is 31.4 Å². The van der Waals surface area contributed by atoms with Crippen molar-refractivity contribution in [1.82, 2.24) is 10.2 Å². The smallest absolute Gasteiger partial charge is 0.240 e. The van der Waals surface area contributed by atoms with Crippen molar-refractivity contribution in [3.8, 4) is 0 Å². The van der Waals surface area contributed by atoms with Crippen molar-refractivity contribution in [3.63, 3.8) is 0 Å². The van der Waals surface area contributed by atoms with Gasteiger partial charge in [-0.3, -0.25) is 4.79 Å². The highest BCUT2D eigenvalue weighted by molar-refractivity contribution is 5.82. The van der Waals surface area contributed by atoms with E-state index < -0.39 is 0 Å². The lowest BCUT2D eigenvalue weighted by Gasteiger charge is -2.30. The lowest BCUT2D eigenvalue weighted by Crippen LogP contribution is -2.48. The summed E-state index contributed by atoms with van der Waals surface area (Å²) in [6, 6.07) is 10.3. The van der Waals surface area contributed by atoms with Crippen molar-refractivity contribution in [2.24, 2.45) is 0 Å². The minimum atomic E-state index is 0.0315. The molecule has 1 aromatic rings. The number of carbonyl (C=O) groups is 1. The quantitative estimate of drug-likeness (QED) is 0.882. The van der Waals surface area contributed by atoms with E-state index in [1.165, 1.54) is 12.0 Å². The summed E-state index contributed by atoms with van der Waals surface area (Å²) in [4.78, 5) is 14.6. The predicted molar refractivity (Wildman–Crippen MR) is 77.8 cm³/mol. The zero-order valence-corrected chi connectivity index (χ0v) is 11.8. The van der Waals surface area contributed by atoms with Gasteiger partial charge in [-0.25, -0.2) is 0 Å². The van der Waals surface area contributed by atoms with Crippen LogP contribution in [0, 0.1) is 0 Å². The lowest BCUT2D eigenvalue weighted by atomic mass is 10.0. The molecule has 2 rings (SSSR count). The van der Waals surface area contributed by atoms with Gasteiger partial charge in [-0.2, -0.15) is 0 Å². The molecule has 0 aromatic heterocycles. The Morgan fingerprint density at radius 3 is 2.74 bits per heavy atom. The molecule has 1 amide bonds. The largest absolute Gasteiger partial charge is 0.337 e. The molecule has 0 aliphatic carbocycles. The van der Waals surface area contributed by atoms with Crippen LogP contribution in [0.2, 0.25) is 0 Å². The van der Waals surface area contributed by atoms with Gasteiger partial charge in [0.05, 0.1) is 6.04 Å². The highest BCUT2D eigenvalue weighted by Gasteiger charge is 2.25. The van der Waals surface area contributed by atoms with E-state index in [1.54, 1.807) is 0 Å². The summed E-state index contributed by atoms with van der Waals surface area (Å²) in [6.07, 6.45) is 4.34. The Kier molecular flexibility index (Phi) is 5.40. The van der Waals surface area contributed by atoms with E-state index in [1.807, 2.05) is 23.1 Å². The number of amides is 1. The molecule has 1 heterocycles. The Morgan fingerprint density at radius 2 is 2.11 bits per heavy atom. The van der Waals surface area contributed by atoms with E-state index in [0.29, 0.717) is 0 Å². The summed E-state index contributed by atoms with van der Waals surface area (Å²) in [6.45, 7) is 4.67. The van der Waals surface area contributed by atoms with Gasteiger partial charge in [0.15, 0.2) is 0 Å². The van der Waals surface area contributed by atoms with Crippen LogP contribution in [-0.2, 0) is 11.3 Å². The van der Waals surface area contributed by atoms with Crippen LogP contribution in [0.15, 0.2) is 30.3 Å². The third-order valence-electron chi connectivity index (χ3n) is 3.63. The van der Waals surface area contributed by atoms with E-state index in [0.717, 1.165) is 38.9 Å². The number of hydrogen-bond donors (Lipinski definition) is 1. The Bertz CT molecular complexity index is 385. The van der Waals surface area contributed by atoms with Gasteiger partial charge in [0, 0.05) is 13.1 Å². The molecular formula is C16H24N2O. The van der Waals surface area contributed by atoms with E-state index in [-0.39, 0.29) is 11.9 Å². The second-order valence-corrected chi connectivity index (χ2v) is 5.25. The van der Waals surface area contributed by atoms with Gasteiger partial charge in [0.25, 0.3) is 0 Å². The summed E-state index contributed by atoms with van der Waals surface area (Å²) in [5, 5.41) is 3.35. The van der Waals surface area contributed by atoms with Crippen molar-refractivity contribution in [3.05, 3.63) is 35.9 Å². The van der Waals surface area contributed by atoms with Crippen molar-refractivity contribution in [2.75, 3.05) is 13.1 Å². The van der Waals surface area contributed by atoms with Gasteiger partial charge >= 0.3 is 0 Å². The fraction of sp³-hybridized carbons (Fsp3) is 0.562. The first kappa shape index (κ1) is 14.1. The molecule has 104 valence electrons. The van der Waals surface area contributed by atoms with Gasteiger partial charge in [-0.15, -0.1) is 0 Å². The molecule has 1 N–H and O–H groups in total. The fourth-order valence-electron chi connectivity index (χ4n) is 2.62. The minimum Gasteiger partial charge on any atom is -0.337 e. The van der Waals surface area contributed by atoms with Crippen LogP contribution in [0.4, 0.5) is 0 Å². The van der Waals surface area contributed by atoms with Crippen molar-refractivity contribution in [1.29, 1.82) is 0 Å². The average Bonchev–Trinajstić information content (AvgIpc) is 2.48. The van der Waals surface area contributed by atoms with E-state index in [4.69, 9.17) is 0 Å². The van der Waals surface area contributed by atoms with Crippen LogP contribution < -0.4 is 5.32 Å². The molecule has 1 atom stereocenters. The Labute approximate surface area is 116 Å². The van der Waals surface area contributed by atoms with Crippen LogP contribution >= 0.6 is 0 Å². The van der Waals surface area contributed by atoms with Crippen LogP contribution in [0.5, 0.6) is 0 Å². The fourth-order valence-corrected chi connectivity index (χ4v) is 2.62. The maximum atomic E-state index is 12.6. The summed E-state index contributed by atoms with van der Waals surface area (Å²) >= 11 is 0. The number of piperidine rings is 1. The van der Waals surface area contributed by atoms with Crippen molar-refractivity contribution < 1.29 is 4.79 Å². The molecule has 3 heteroatoms. The predicted octanol–water partition coefficient (Wildman–Crippen LogP) is 2.57. The number of rotatable bonds is 5. The third-order valence-corrected chi connectivity index (χ3v) is 3.63. The normalized spacial score (nSPS) is 19.1. The molecule has 1 aromatic carbocycles. The molecule has 19 heavy (non-hydrogen) atoms.